The van der Waals surface area contributed by atoms with Crippen molar-refractivity contribution >= 4 is 60.2 Å². The van der Waals surface area contributed by atoms with Gasteiger partial charge in [0.25, 0.3) is 0 Å². The number of nitrogens with zero attached hydrogens (tertiary/aromatic N) is 1. The highest BCUT2D eigenvalue weighted by Crippen LogP contribution is 2.45. The second kappa shape index (κ2) is 6.73. The third-order valence-electron chi connectivity index (χ3n) is 4.72. The Balaban J connectivity index is 1.84. The molecule has 1 aromatic heterocycles. The van der Waals surface area contributed by atoms with Crippen LogP contribution >= 0.6 is 22.9 Å². The molecule has 0 atom stereocenters. The number of rotatable bonds is 3. The van der Waals surface area contributed by atoms with Crippen LogP contribution in [0.1, 0.15) is 0 Å². The molecule has 0 radical (unpaired) electrons. The molecule has 0 aliphatic rings. The van der Waals surface area contributed by atoms with Gasteiger partial charge in [-0.05, 0) is 42.5 Å². The van der Waals surface area contributed by atoms with Gasteiger partial charge in [0.2, 0.25) is 0 Å². The second-order valence-corrected chi connectivity index (χ2v) is 7.83. The fraction of sp³-hybridized carbons (Fsp3) is 0. The highest BCUT2D eigenvalue weighted by molar-refractivity contribution is 7.26. The second-order valence-electron chi connectivity index (χ2n) is 6.38. The molecule has 0 fully saturated rings. The molecule has 1 nitrogen and oxygen atoms in total. The molecule has 0 saturated heterocycles. The Morgan fingerprint density at radius 2 is 1.26 bits per heavy atom. The molecule has 0 bridgehead atoms. The van der Waals surface area contributed by atoms with E-state index in [1.807, 2.05) is 24.3 Å². The molecule has 1 heterocycles. The van der Waals surface area contributed by atoms with Gasteiger partial charge in [-0.15, -0.1) is 11.3 Å². The van der Waals surface area contributed by atoms with Crippen molar-refractivity contribution in [2.24, 2.45) is 0 Å². The van der Waals surface area contributed by atoms with Crippen molar-refractivity contribution in [3.63, 3.8) is 0 Å². The van der Waals surface area contributed by atoms with Gasteiger partial charge >= 0.3 is 0 Å². The molecule has 5 aromatic rings. The van der Waals surface area contributed by atoms with Gasteiger partial charge in [0.1, 0.15) is 0 Å². The van der Waals surface area contributed by atoms with Crippen LogP contribution in [0.15, 0.2) is 97.1 Å². The molecule has 0 amide bonds. The molecule has 0 saturated carbocycles. The van der Waals surface area contributed by atoms with E-state index in [1.54, 1.807) is 11.3 Å². The summed E-state index contributed by atoms with van der Waals surface area (Å²) in [5.41, 5.74) is 3.45. The zero-order valence-corrected chi connectivity index (χ0v) is 16.0. The number of benzene rings is 4. The van der Waals surface area contributed by atoms with Gasteiger partial charge in [-0.3, -0.25) is 0 Å². The fourth-order valence-electron chi connectivity index (χ4n) is 3.55. The first-order valence-electron chi connectivity index (χ1n) is 8.83. The smallest absolute Gasteiger partial charge is 0.0640 e. The number of hydrogen-bond donors (Lipinski definition) is 0. The molecule has 3 heteroatoms. The van der Waals surface area contributed by atoms with Crippen LogP contribution in [0.2, 0.25) is 5.02 Å². The Morgan fingerprint density at radius 3 is 1.93 bits per heavy atom. The molecule has 4 aromatic carbocycles. The highest BCUT2D eigenvalue weighted by Gasteiger charge is 2.18. The van der Waals surface area contributed by atoms with Gasteiger partial charge in [0, 0.05) is 31.9 Å². The highest BCUT2D eigenvalue weighted by atomic mass is 35.5. The number of hydrogen-bond acceptors (Lipinski definition) is 2. The lowest BCUT2D eigenvalue weighted by atomic mass is 10.1. The fourth-order valence-corrected chi connectivity index (χ4v) is 5.11. The van der Waals surface area contributed by atoms with Gasteiger partial charge < -0.3 is 4.90 Å². The first-order chi connectivity index (χ1) is 13.3. The quantitative estimate of drug-likeness (QED) is 0.302. The van der Waals surface area contributed by atoms with Gasteiger partial charge in [-0.25, -0.2) is 0 Å². The van der Waals surface area contributed by atoms with Crippen molar-refractivity contribution in [3.05, 3.63) is 102 Å². The molecule has 0 aliphatic heterocycles. The molecule has 5 rings (SSSR count). The number of fused-ring (bicyclic) bond motifs is 3. The van der Waals surface area contributed by atoms with Crippen molar-refractivity contribution in [2.45, 2.75) is 0 Å². The van der Waals surface area contributed by atoms with E-state index < -0.39 is 0 Å². The largest absolute Gasteiger partial charge is 0.309 e. The van der Waals surface area contributed by atoms with E-state index in [2.05, 4.69) is 77.7 Å². The Hall–Kier alpha value is -2.81. The van der Waals surface area contributed by atoms with E-state index in [0.29, 0.717) is 0 Å². The van der Waals surface area contributed by atoms with Crippen LogP contribution in [0.25, 0.3) is 20.2 Å². The van der Waals surface area contributed by atoms with E-state index in [-0.39, 0.29) is 0 Å². The lowest BCUT2D eigenvalue weighted by Gasteiger charge is -2.25. The maximum absolute atomic E-state index is 6.54. The van der Waals surface area contributed by atoms with Crippen molar-refractivity contribution in [2.75, 3.05) is 4.90 Å². The first-order valence-corrected chi connectivity index (χ1v) is 10.0. The molecular formula is C24H16ClNS. The van der Waals surface area contributed by atoms with Crippen molar-refractivity contribution in [1.82, 2.24) is 0 Å². The molecule has 130 valence electrons. The molecule has 0 aliphatic carbocycles. The summed E-state index contributed by atoms with van der Waals surface area (Å²) in [7, 11) is 0. The van der Waals surface area contributed by atoms with Crippen LogP contribution in [-0.2, 0) is 0 Å². The van der Waals surface area contributed by atoms with Crippen molar-refractivity contribution in [3.8, 4) is 0 Å². The Labute approximate surface area is 167 Å². The standard InChI is InChI=1S/C24H16ClNS/c25-20-14-8-16-22-23(20)19-13-7-15-21(24(19)27-22)26(17-9-3-1-4-10-17)18-11-5-2-6-12-18/h1-16H. The van der Waals surface area contributed by atoms with Crippen LogP contribution in [0.3, 0.4) is 0 Å². The van der Waals surface area contributed by atoms with Crippen LogP contribution < -0.4 is 4.90 Å². The molecule has 27 heavy (non-hydrogen) atoms. The third-order valence-corrected chi connectivity index (χ3v) is 6.23. The van der Waals surface area contributed by atoms with Gasteiger partial charge in [-0.2, -0.15) is 0 Å². The monoisotopic (exact) mass is 385 g/mol. The van der Waals surface area contributed by atoms with Crippen molar-refractivity contribution < 1.29 is 0 Å². The third kappa shape index (κ3) is 2.78. The van der Waals surface area contributed by atoms with Crippen LogP contribution in [0, 0.1) is 0 Å². The van der Waals surface area contributed by atoms with E-state index in [0.717, 1.165) is 21.8 Å². The minimum absolute atomic E-state index is 0.807. The summed E-state index contributed by atoms with van der Waals surface area (Å²) in [5, 5.41) is 3.15. The Morgan fingerprint density at radius 1 is 0.630 bits per heavy atom. The maximum atomic E-state index is 6.54. The van der Waals surface area contributed by atoms with E-state index in [1.165, 1.54) is 20.5 Å². The average Bonchev–Trinajstić information content (AvgIpc) is 3.11. The number of thiophene rings is 1. The maximum Gasteiger partial charge on any atom is 0.0640 e. The Kier molecular flexibility index (Phi) is 4.08. The lowest BCUT2D eigenvalue weighted by Crippen LogP contribution is -2.09. The average molecular weight is 386 g/mol. The van der Waals surface area contributed by atoms with Gasteiger partial charge in [0.15, 0.2) is 0 Å². The number of para-hydroxylation sites is 2. The zero-order chi connectivity index (χ0) is 18.2. The normalized spacial score (nSPS) is 11.1. The summed E-state index contributed by atoms with van der Waals surface area (Å²) in [4.78, 5) is 2.31. The van der Waals surface area contributed by atoms with Gasteiger partial charge in [-0.1, -0.05) is 66.2 Å². The summed E-state index contributed by atoms with van der Waals surface area (Å²) in [5.74, 6) is 0. The van der Waals surface area contributed by atoms with Crippen LogP contribution in [-0.4, -0.2) is 0 Å². The lowest BCUT2D eigenvalue weighted by molar-refractivity contribution is 1.30. The number of halogens is 1. The molecule has 0 unspecified atom stereocenters. The van der Waals surface area contributed by atoms with E-state index >= 15 is 0 Å². The minimum Gasteiger partial charge on any atom is -0.309 e. The summed E-state index contributed by atoms with van der Waals surface area (Å²) >= 11 is 8.33. The molecular weight excluding hydrogens is 370 g/mol. The topological polar surface area (TPSA) is 3.24 Å². The summed E-state index contributed by atoms with van der Waals surface area (Å²) in [6.07, 6.45) is 0. The van der Waals surface area contributed by atoms with Crippen LogP contribution in [0.5, 0.6) is 0 Å². The Bertz CT molecular complexity index is 1190. The predicted octanol–water partition coefficient (Wildman–Crippen LogP) is 8.18. The molecule has 0 N–H and O–H groups in total. The van der Waals surface area contributed by atoms with Crippen molar-refractivity contribution in [1.29, 1.82) is 0 Å². The summed E-state index contributed by atoms with van der Waals surface area (Å²) in [6.45, 7) is 0. The predicted molar refractivity (Wildman–Crippen MR) is 119 cm³/mol. The summed E-state index contributed by atoms with van der Waals surface area (Å²) in [6, 6.07) is 33.6. The first kappa shape index (κ1) is 16.4. The van der Waals surface area contributed by atoms with Crippen LogP contribution in [0.4, 0.5) is 17.1 Å². The molecule has 0 spiro atoms. The minimum atomic E-state index is 0.807. The number of anilines is 3. The van der Waals surface area contributed by atoms with E-state index in [4.69, 9.17) is 11.6 Å². The SMILES string of the molecule is Clc1cccc2sc3c(N(c4ccccc4)c4ccccc4)cccc3c12. The summed E-state index contributed by atoms with van der Waals surface area (Å²) < 4.78 is 2.46. The zero-order valence-electron chi connectivity index (χ0n) is 14.5. The van der Waals surface area contributed by atoms with E-state index in [9.17, 15) is 0 Å². The van der Waals surface area contributed by atoms with Gasteiger partial charge in [0.05, 0.1) is 10.4 Å².